The monoisotopic (exact) mass is 497 g/mol. The van der Waals surface area contributed by atoms with Gasteiger partial charge in [-0.05, 0) is 49.8 Å². The van der Waals surface area contributed by atoms with E-state index < -0.39 is 0 Å². The zero-order valence-electron chi connectivity index (χ0n) is 19.4. The van der Waals surface area contributed by atoms with E-state index in [1.807, 2.05) is 43.5 Å². The molecular weight excluding hydrogens is 470 g/mol. The third-order valence-corrected chi connectivity index (χ3v) is 7.51. The van der Waals surface area contributed by atoms with E-state index in [1.165, 1.54) is 29.6 Å². The van der Waals surface area contributed by atoms with Crippen molar-refractivity contribution in [3.63, 3.8) is 0 Å². The minimum atomic E-state index is -0.348. The third-order valence-electron chi connectivity index (χ3n) is 5.78. The molecule has 2 aromatic heterocycles. The molecule has 4 rings (SSSR count). The van der Waals surface area contributed by atoms with Gasteiger partial charge in [-0.25, -0.2) is 4.98 Å². The van der Waals surface area contributed by atoms with Gasteiger partial charge in [0.25, 0.3) is 5.91 Å². The van der Waals surface area contributed by atoms with Gasteiger partial charge in [-0.15, -0.1) is 22.7 Å². The average Bonchev–Trinajstić information content (AvgIpc) is 3.51. The first-order valence-electron chi connectivity index (χ1n) is 11.1. The molecule has 1 saturated heterocycles. The Balaban J connectivity index is 1.38. The molecule has 1 unspecified atom stereocenters. The van der Waals surface area contributed by atoms with Gasteiger partial charge in [-0.3, -0.25) is 19.3 Å². The first kappa shape index (κ1) is 24.1. The normalized spacial score (nSPS) is 15.7. The molecule has 9 heteroatoms. The summed E-state index contributed by atoms with van der Waals surface area (Å²) in [6.07, 6.45) is 1.46. The van der Waals surface area contributed by atoms with Crippen LogP contribution in [0.1, 0.15) is 46.3 Å². The maximum Gasteiger partial charge on any atom is 0.311 e. The summed E-state index contributed by atoms with van der Waals surface area (Å²) in [4.78, 5) is 46.3. The van der Waals surface area contributed by atoms with Crippen LogP contribution in [0.25, 0.3) is 0 Å². The lowest BCUT2D eigenvalue weighted by Gasteiger charge is -2.31. The number of thiazole rings is 1. The van der Waals surface area contributed by atoms with Gasteiger partial charge in [0, 0.05) is 25.4 Å². The van der Waals surface area contributed by atoms with Gasteiger partial charge in [-0.1, -0.05) is 23.8 Å². The topological polar surface area (TPSA) is 79.8 Å². The number of hydrogen-bond acceptors (Lipinski definition) is 7. The number of ether oxygens (including phenoxy) is 1. The molecule has 1 aliphatic rings. The van der Waals surface area contributed by atoms with E-state index in [0.29, 0.717) is 35.2 Å². The Morgan fingerprint density at radius 2 is 2.03 bits per heavy atom. The first-order chi connectivity index (χ1) is 16.3. The number of likely N-dealkylation sites (tertiary alicyclic amines) is 1. The standard InChI is InChI=1S/C25H27N3O4S2/c1-16-8-9-21(17(2)12-16)28(18(3)29)25-26-20(15-34-25)14-32-24(31)19-6-4-10-27(13-19)23(30)22-7-5-11-33-22/h5,7-9,11-12,15,19H,4,6,10,13-14H2,1-3H3. The maximum absolute atomic E-state index is 12.7. The highest BCUT2D eigenvalue weighted by Gasteiger charge is 2.30. The van der Waals surface area contributed by atoms with E-state index in [-0.39, 0.29) is 30.3 Å². The number of amides is 2. The van der Waals surface area contributed by atoms with Crippen LogP contribution in [0, 0.1) is 19.8 Å². The summed E-state index contributed by atoms with van der Waals surface area (Å²) in [6.45, 7) is 6.52. The summed E-state index contributed by atoms with van der Waals surface area (Å²) < 4.78 is 5.55. The Morgan fingerprint density at radius 3 is 2.74 bits per heavy atom. The second-order valence-electron chi connectivity index (χ2n) is 8.44. The number of hydrogen-bond donors (Lipinski definition) is 0. The van der Waals surface area contributed by atoms with Crippen molar-refractivity contribution in [3.05, 3.63) is 62.8 Å². The number of piperidine rings is 1. The fraction of sp³-hybridized carbons (Fsp3) is 0.360. The molecular formula is C25H27N3O4S2. The van der Waals surface area contributed by atoms with Crippen LogP contribution in [0.4, 0.5) is 10.8 Å². The molecule has 34 heavy (non-hydrogen) atoms. The smallest absolute Gasteiger partial charge is 0.311 e. The Kier molecular flexibility index (Phi) is 7.43. The molecule has 1 atom stereocenters. The van der Waals surface area contributed by atoms with Crippen molar-refractivity contribution in [1.29, 1.82) is 0 Å². The molecule has 3 aromatic rings. The van der Waals surface area contributed by atoms with Gasteiger partial charge in [0.1, 0.15) is 6.61 Å². The van der Waals surface area contributed by atoms with Crippen LogP contribution in [0.15, 0.2) is 41.1 Å². The fourth-order valence-electron chi connectivity index (χ4n) is 4.10. The largest absolute Gasteiger partial charge is 0.459 e. The van der Waals surface area contributed by atoms with Crippen LogP contribution in [0.5, 0.6) is 0 Å². The lowest BCUT2D eigenvalue weighted by molar-refractivity contribution is -0.151. The molecule has 2 amide bonds. The number of esters is 1. The summed E-state index contributed by atoms with van der Waals surface area (Å²) in [5.41, 5.74) is 3.48. The van der Waals surface area contributed by atoms with Crippen molar-refractivity contribution in [2.75, 3.05) is 18.0 Å². The molecule has 0 radical (unpaired) electrons. The number of carbonyl (C=O) groups is 3. The number of anilines is 2. The van der Waals surface area contributed by atoms with Gasteiger partial charge >= 0.3 is 5.97 Å². The summed E-state index contributed by atoms with van der Waals surface area (Å²) in [6, 6.07) is 9.56. The number of nitrogens with zero attached hydrogens (tertiary/aromatic N) is 3. The molecule has 7 nitrogen and oxygen atoms in total. The van der Waals surface area contributed by atoms with Crippen molar-refractivity contribution in [2.24, 2.45) is 5.92 Å². The lowest BCUT2D eigenvalue weighted by atomic mass is 9.98. The lowest BCUT2D eigenvalue weighted by Crippen LogP contribution is -2.42. The predicted molar refractivity (Wildman–Crippen MR) is 134 cm³/mol. The highest BCUT2D eigenvalue weighted by molar-refractivity contribution is 7.14. The highest BCUT2D eigenvalue weighted by Crippen LogP contribution is 2.32. The predicted octanol–water partition coefficient (Wildman–Crippen LogP) is 5.10. The number of benzene rings is 1. The number of carbonyl (C=O) groups excluding carboxylic acids is 3. The molecule has 0 N–H and O–H groups in total. The van der Waals surface area contributed by atoms with Crippen LogP contribution in [-0.4, -0.2) is 40.8 Å². The fourth-order valence-corrected chi connectivity index (χ4v) is 5.66. The van der Waals surface area contributed by atoms with Gasteiger partial charge in [-0.2, -0.15) is 0 Å². The van der Waals surface area contributed by atoms with Gasteiger partial charge in [0.2, 0.25) is 5.91 Å². The number of aryl methyl sites for hydroxylation is 2. The molecule has 0 saturated carbocycles. The van der Waals surface area contributed by atoms with E-state index in [2.05, 4.69) is 4.98 Å². The summed E-state index contributed by atoms with van der Waals surface area (Å²) in [5.74, 6) is -0.842. The summed E-state index contributed by atoms with van der Waals surface area (Å²) in [7, 11) is 0. The van der Waals surface area contributed by atoms with Crippen LogP contribution < -0.4 is 4.90 Å². The van der Waals surface area contributed by atoms with Gasteiger partial charge < -0.3 is 9.64 Å². The molecule has 178 valence electrons. The number of thiophene rings is 1. The summed E-state index contributed by atoms with van der Waals surface area (Å²) >= 11 is 2.74. The second kappa shape index (κ2) is 10.5. The molecule has 0 bridgehead atoms. The third kappa shape index (κ3) is 5.37. The van der Waals surface area contributed by atoms with Crippen LogP contribution in [-0.2, 0) is 20.9 Å². The van der Waals surface area contributed by atoms with E-state index in [9.17, 15) is 14.4 Å². The maximum atomic E-state index is 12.7. The van der Waals surface area contributed by atoms with E-state index in [0.717, 1.165) is 23.2 Å². The molecule has 3 heterocycles. The Hall–Kier alpha value is -3.04. The molecule has 1 fully saturated rings. The first-order valence-corrected chi connectivity index (χ1v) is 12.9. The molecule has 1 aliphatic heterocycles. The molecule has 0 aliphatic carbocycles. The van der Waals surface area contributed by atoms with Crippen LogP contribution in [0.3, 0.4) is 0 Å². The average molecular weight is 498 g/mol. The van der Waals surface area contributed by atoms with Crippen LogP contribution >= 0.6 is 22.7 Å². The van der Waals surface area contributed by atoms with E-state index in [1.54, 1.807) is 21.2 Å². The second-order valence-corrected chi connectivity index (χ2v) is 10.2. The van der Waals surface area contributed by atoms with Gasteiger partial charge in [0.05, 0.1) is 22.2 Å². The SMILES string of the molecule is CC(=O)N(c1nc(COC(=O)C2CCCN(C(=O)c3cccs3)C2)cs1)c1ccc(C)cc1C. The quantitative estimate of drug-likeness (QED) is 0.443. The molecule has 1 aromatic carbocycles. The van der Waals surface area contributed by atoms with Crippen molar-refractivity contribution in [3.8, 4) is 0 Å². The van der Waals surface area contributed by atoms with Crippen LogP contribution in [0.2, 0.25) is 0 Å². The van der Waals surface area contributed by atoms with Crippen molar-refractivity contribution in [2.45, 2.75) is 40.2 Å². The number of rotatable bonds is 6. The van der Waals surface area contributed by atoms with E-state index >= 15 is 0 Å². The zero-order valence-corrected chi connectivity index (χ0v) is 21.1. The van der Waals surface area contributed by atoms with E-state index in [4.69, 9.17) is 4.74 Å². The van der Waals surface area contributed by atoms with Gasteiger partial charge in [0.15, 0.2) is 5.13 Å². The highest BCUT2D eigenvalue weighted by atomic mass is 32.1. The Morgan fingerprint density at radius 1 is 1.21 bits per heavy atom. The Bertz CT molecular complexity index is 1190. The minimum Gasteiger partial charge on any atom is -0.459 e. The van der Waals surface area contributed by atoms with Crippen molar-refractivity contribution < 1.29 is 19.1 Å². The Labute approximate surface area is 207 Å². The van der Waals surface area contributed by atoms with Crippen molar-refractivity contribution in [1.82, 2.24) is 9.88 Å². The zero-order chi connectivity index (χ0) is 24.2. The number of aromatic nitrogens is 1. The minimum absolute atomic E-state index is 0.0311. The van der Waals surface area contributed by atoms with Crippen molar-refractivity contribution >= 4 is 51.3 Å². The molecule has 0 spiro atoms. The summed E-state index contributed by atoms with van der Waals surface area (Å²) in [5, 5.41) is 4.21.